The lowest BCUT2D eigenvalue weighted by Crippen LogP contribution is -2.38. The highest BCUT2D eigenvalue weighted by molar-refractivity contribution is 5.96. The molecule has 1 heterocycles. The fraction of sp³-hybridized carbons (Fsp3) is 0.357. The Labute approximate surface area is 111 Å². The fourth-order valence-electron chi connectivity index (χ4n) is 1.78. The lowest BCUT2D eigenvalue weighted by Gasteiger charge is -2.22. The fourth-order valence-corrected chi connectivity index (χ4v) is 1.78. The van der Waals surface area contributed by atoms with Crippen LogP contribution in [0.2, 0.25) is 0 Å². The smallest absolute Gasteiger partial charge is 0.335 e. The van der Waals surface area contributed by atoms with E-state index in [0.29, 0.717) is 5.56 Å². The van der Waals surface area contributed by atoms with Crippen molar-refractivity contribution in [2.75, 3.05) is 0 Å². The third-order valence-corrected chi connectivity index (χ3v) is 2.72. The van der Waals surface area contributed by atoms with E-state index in [9.17, 15) is 14.4 Å². The van der Waals surface area contributed by atoms with Gasteiger partial charge in [-0.05, 0) is 17.7 Å². The molecule has 0 saturated carbocycles. The number of hydrogen-bond donors (Lipinski definition) is 2. The van der Waals surface area contributed by atoms with E-state index in [-0.39, 0.29) is 30.1 Å². The molecule has 2 N–H and O–H groups in total. The molecule has 2 rings (SSSR count). The molecule has 0 bridgehead atoms. The van der Waals surface area contributed by atoms with E-state index in [1.165, 1.54) is 12.1 Å². The Hall–Kier alpha value is -2.17. The van der Waals surface area contributed by atoms with Crippen molar-refractivity contribution in [3.63, 3.8) is 0 Å². The monoisotopic (exact) mass is 263 g/mol. The highest BCUT2D eigenvalue weighted by Gasteiger charge is 2.27. The van der Waals surface area contributed by atoms with Crippen LogP contribution < -0.4 is 5.32 Å². The quantitative estimate of drug-likeness (QED) is 0.854. The first-order valence-electron chi connectivity index (χ1n) is 6.23. The average molecular weight is 263 g/mol. The summed E-state index contributed by atoms with van der Waals surface area (Å²) in [6, 6.07) is 5.31. The summed E-state index contributed by atoms with van der Waals surface area (Å²) in [5, 5.41) is 11.3. The molecule has 0 aliphatic carbocycles. The van der Waals surface area contributed by atoms with Gasteiger partial charge in [0.25, 0.3) is 0 Å². The van der Waals surface area contributed by atoms with Crippen LogP contribution in [0.4, 0.5) is 0 Å². The van der Waals surface area contributed by atoms with E-state index in [0.717, 1.165) is 0 Å². The number of nitrogens with one attached hydrogen (secondary N) is 1. The molecule has 1 saturated heterocycles. The highest BCUT2D eigenvalue weighted by Crippen LogP contribution is 2.20. The minimum atomic E-state index is -1.02. The van der Waals surface area contributed by atoms with Crippen LogP contribution in [-0.4, -0.2) is 22.8 Å². The van der Waals surface area contributed by atoms with Gasteiger partial charge in [0, 0.05) is 12.8 Å². The van der Waals surface area contributed by atoms with Crippen molar-refractivity contribution in [1.29, 1.82) is 0 Å². The summed E-state index contributed by atoms with van der Waals surface area (Å²) in [4.78, 5) is 33.5. The number of carbonyl (C=O) groups is 3. The second-order valence-electron chi connectivity index (χ2n) is 3.89. The van der Waals surface area contributed by atoms with Crippen molar-refractivity contribution < 1.29 is 19.5 Å². The number of carbonyl (C=O) groups excluding carboxylic acids is 2. The number of carboxylic acids is 1. The van der Waals surface area contributed by atoms with Crippen LogP contribution in [0.5, 0.6) is 0 Å². The SMILES string of the molecule is CC.O=C1CCC(=O)C(c2ccc(C(=O)O)cc2)N1. The molecule has 0 aromatic heterocycles. The van der Waals surface area contributed by atoms with Crippen molar-refractivity contribution in [3.8, 4) is 0 Å². The summed E-state index contributed by atoms with van der Waals surface area (Å²) >= 11 is 0. The van der Waals surface area contributed by atoms with Crippen LogP contribution >= 0.6 is 0 Å². The normalized spacial score (nSPS) is 18.1. The summed E-state index contributed by atoms with van der Waals surface area (Å²) in [7, 11) is 0. The zero-order valence-corrected chi connectivity index (χ0v) is 11.0. The van der Waals surface area contributed by atoms with Gasteiger partial charge in [0.2, 0.25) is 5.91 Å². The predicted octanol–water partition coefficient (Wildman–Crippen LogP) is 1.93. The third kappa shape index (κ3) is 3.64. The van der Waals surface area contributed by atoms with Crippen molar-refractivity contribution in [1.82, 2.24) is 5.32 Å². The molecule has 1 unspecified atom stereocenters. The van der Waals surface area contributed by atoms with Crippen LogP contribution in [0.1, 0.15) is 48.7 Å². The number of hydrogen-bond acceptors (Lipinski definition) is 3. The summed E-state index contributed by atoms with van der Waals surface area (Å²) in [6.45, 7) is 4.00. The van der Waals surface area contributed by atoms with Crippen LogP contribution in [0, 0.1) is 0 Å². The predicted molar refractivity (Wildman–Crippen MR) is 69.9 cm³/mol. The summed E-state index contributed by atoms with van der Waals surface area (Å²) in [5.41, 5.74) is 0.774. The maximum atomic E-state index is 11.6. The maximum Gasteiger partial charge on any atom is 0.335 e. The third-order valence-electron chi connectivity index (χ3n) is 2.72. The molecule has 5 nitrogen and oxygen atoms in total. The largest absolute Gasteiger partial charge is 0.478 e. The number of ketones is 1. The standard InChI is InChI=1S/C12H11NO4.C2H6/c14-9-5-6-10(15)13-11(9)7-1-3-8(4-2-7)12(16)17;1-2/h1-4,11H,5-6H2,(H,13,15)(H,16,17);1-2H3. The first-order valence-corrected chi connectivity index (χ1v) is 6.23. The summed E-state index contributed by atoms with van der Waals surface area (Å²) in [5.74, 6) is -1.22. The van der Waals surface area contributed by atoms with Gasteiger partial charge in [-0.1, -0.05) is 26.0 Å². The van der Waals surface area contributed by atoms with Gasteiger partial charge in [0.15, 0.2) is 5.78 Å². The number of Topliss-reactive ketones (excluding diaryl/α,β-unsaturated/α-hetero) is 1. The van der Waals surface area contributed by atoms with Gasteiger partial charge >= 0.3 is 5.97 Å². The lowest BCUT2D eigenvalue weighted by molar-refractivity contribution is -0.132. The van der Waals surface area contributed by atoms with E-state index in [2.05, 4.69) is 5.32 Å². The molecule has 5 heteroatoms. The van der Waals surface area contributed by atoms with Crippen molar-refractivity contribution in [2.45, 2.75) is 32.7 Å². The van der Waals surface area contributed by atoms with Crippen LogP contribution in [0.15, 0.2) is 24.3 Å². The van der Waals surface area contributed by atoms with E-state index >= 15 is 0 Å². The first kappa shape index (κ1) is 14.9. The van der Waals surface area contributed by atoms with Crippen molar-refractivity contribution >= 4 is 17.7 Å². The molecule has 1 atom stereocenters. The van der Waals surface area contributed by atoms with Crippen LogP contribution in [0.25, 0.3) is 0 Å². The number of rotatable bonds is 2. The maximum absolute atomic E-state index is 11.6. The Bertz CT molecular complexity index is 479. The molecule has 1 aromatic carbocycles. The Morgan fingerprint density at radius 3 is 2.26 bits per heavy atom. The van der Waals surface area contributed by atoms with E-state index < -0.39 is 12.0 Å². The Morgan fingerprint density at radius 2 is 1.74 bits per heavy atom. The molecular formula is C14H17NO4. The zero-order chi connectivity index (χ0) is 14.4. The molecule has 0 spiro atoms. The summed E-state index contributed by atoms with van der Waals surface area (Å²) < 4.78 is 0. The summed E-state index contributed by atoms with van der Waals surface area (Å²) in [6.07, 6.45) is 0.458. The molecule has 1 amide bonds. The molecule has 19 heavy (non-hydrogen) atoms. The van der Waals surface area contributed by atoms with Crippen molar-refractivity contribution in [2.24, 2.45) is 0 Å². The van der Waals surface area contributed by atoms with Gasteiger partial charge in [-0.15, -0.1) is 0 Å². The number of amides is 1. The minimum Gasteiger partial charge on any atom is -0.478 e. The molecule has 102 valence electrons. The number of benzene rings is 1. The van der Waals surface area contributed by atoms with Gasteiger partial charge < -0.3 is 10.4 Å². The molecule has 1 fully saturated rings. The second kappa shape index (κ2) is 6.68. The van der Waals surface area contributed by atoms with E-state index in [1.807, 2.05) is 13.8 Å². The van der Waals surface area contributed by atoms with Gasteiger partial charge in [-0.3, -0.25) is 9.59 Å². The van der Waals surface area contributed by atoms with E-state index in [4.69, 9.17) is 5.11 Å². The molecular weight excluding hydrogens is 246 g/mol. The van der Waals surface area contributed by atoms with Gasteiger partial charge in [0.1, 0.15) is 6.04 Å². The van der Waals surface area contributed by atoms with Crippen molar-refractivity contribution in [3.05, 3.63) is 35.4 Å². The minimum absolute atomic E-state index is 0.0484. The Kier molecular flexibility index (Phi) is 5.23. The molecule has 1 aromatic rings. The Morgan fingerprint density at radius 1 is 1.16 bits per heavy atom. The van der Waals surface area contributed by atoms with E-state index in [1.54, 1.807) is 12.1 Å². The van der Waals surface area contributed by atoms with Gasteiger partial charge in [-0.2, -0.15) is 0 Å². The van der Waals surface area contributed by atoms with Gasteiger partial charge in [-0.25, -0.2) is 4.79 Å². The Balaban J connectivity index is 0.000000861. The molecule has 0 radical (unpaired) electrons. The highest BCUT2D eigenvalue weighted by atomic mass is 16.4. The topological polar surface area (TPSA) is 83.5 Å². The number of aromatic carboxylic acids is 1. The van der Waals surface area contributed by atoms with Crippen LogP contribution in [-0.2, 0) is 9.59 Å². The second-order valence-corrected chi connectivity index (χ2v) is 3.89. The zero-order valence-electron chi connectivity index (χ0n) is 11.0. The molecule has 1 aliphatic rings. The first-order chi connectivity index (χ1) is 9.08. The molecule has 1 aliphatic heterocycles. The number of piperidine rings is 1. The lowest BCUT2D eigenvalue weighted by atomic mass is 9.95. The average Bonchev–Trinajstić information content (AvgIpc) is 2.44. The number of carboxylic acid groups (broad SMARTS) is 1. The van der Waals surface area contributed by atoms with Gasteiger partial charge in [0.05, 0.1) is 5.56 Å². The van der Waals surface area contributed by atoms with Crippen LogP contribution in [0.3, 0.4) is 0 Å².